The smallest absolute Gasteiger partial charge is 0.159 e. The molecule has 0 heterocycles. The Morgan fingerprint density at radius 3 is 2.06 bits per heavy atom. The summed E-state index contributed by atoms with van der Waals surface area (Å²) in [5, 5.41) is 0. The van der Waals surface area contributed by atoms with Crippen LogP contribution in [-0.4, -0.2) is 18.9 Å². The van der Waals surface area contributed by atoms with Gasteiger partial charge in [0.2, 0.25) is 0 Å². The van der Waals surface area contributed by atoms with E-state index in [1.54, 1.807) is 6.92 Å². The summed E-state index contributed by atoms with van der Waals surface area (Å²) in [5.41, 5.74) is 2.01. The molecule has 0 unspecified atom stereocenters. The van der Waals surface area contributed by atoms with Crippen molar-refractivity contribution >= 4 is 11.5 Å². The number of Topliss-reactive ketones (excluding diaryl/α,β-unsaturated/α-hetero) is 1. The van der Waals surface area contributed by atoms with Crippen LogP contribution in [0.15, 0.2) is 24.3 Å². The third kappa shape index (κ3) is 3.86. The number of carbonyl (C=O) groups excluding carboxylic acids is 1. The summed E-state index contributed by atoms with van der Waals surface area (Å²) < 4.78 is 0. The molecule has 1 rings (SSSR count). The van der Waals surface area contributed by atoms with Crippen LogP contribution in [0, 0.1) is 5.92 Å². The highest BCUT2D eigenvalue weighted by molar-refractivity contribution is 5.94. The third-order valence-corrected chi connectivity index (χ3v) is 3.65. The minimum Gasteiger partial charge on any atom is -0.372 e. The Balaban J connectivity index is 2.78. The number of hydrogen-bond donors (Lipinski definition) is 0. The first kappa shape index (κ1) is 14.7. The van der Waals surface area contributed by atoms with Gasteiger partial charge in [-0.3, -0.25) is 4.79 Å². The lowest BCUT2D eigenvalue weighted by molar-refractivity contribution is 0.101. The van der Waals surface area contributed by atoms with Crippen LogP contribution in [0.2, 0.25) is 0 Å². The minimum absolute atomic E-state index is 0.129. The Hall–Kier alpha value is -1.31. The fourth-order valence-corrected chi connectivity index (χ4v) is 2.18. The van der Waals surface area contributed by atoms with Crippen LogP contribution in [0.4, 0.5) is 5.69 Å². The quantitative estimate of drug-likeness (QED) is 0.675. The van der Waals surface area contributed by atoms with Gasteiger partial charge in [-0.2, -0.15) is 0 Å². The van der Waals surface area contributed by atoms with Crippen LogP contribution in [-0.2, 0) is 0 Å². The van der Waals surface area contributed by atoms with Crippen molar-refractivity contribution in [3.63, 3.8) is 0 Å². The molecule has 0 saturated carbocycles. The Bertz CT molecular complexity index is 365. The van der Waals surface area contributed by atoms with Crippen LogP contribution >= 0.6 is 0 Å². The maximum Gasteiger partial charge on any atom is 0.159 e. The topological polar surface area (TPSA) is 20.3 Å². The average Bonchev–Trinajstić information content (AvgIpc) is 2.40. The number of anilines is 1. The molecule has 1 aromatic rings. The standard InChI is InChI=1S/C16H25NO/c1-5-14(6-2)12-17(7-3)16-10-8-15(9-11-16)13(4)18/h8-11,14H,5-7,12H2,1-4H3. The third-order valence-electron chi connectivity index (χ3n) is 3.65. The number of carbonyl (C=O) groups is 1. The van der Waals surface area contributed by atoms with Gasteiger partial charge in [-0.25, -0.2) is 0 Å². The highest BCUT2D eigenvalue weighted by Gasteiger charge is 2.11. The van der Waals surface area contributed by atoms with Gasteiger partial charge in [0.1, 0.15) is 0 Å². The predicted molar refractivity (Wildman–Crippen MR) is 78.4 cm³/mol. The van der Waals surface area contributed by atoms with E-state index in [-0.39, 0.29) is 5.78 Å². The summed E-state index contributed by atoms with van der Waals surface area (Å²) in [6.07, 6.45) is 2.44. The number of benzene rings is 1. The van der Waals surface area contributed by atoms with Gasteiger partial charge in [-0.05, 0) is 44.0 Å². The van der Waals surface area contributed by atoms with E-state index < -0.39 is 0 Å². The van der Waals surface area contributed by atoms with E-state index in [1.807, 2.05) is 12.1 Å². The fraction of sp³-hybridized carbons (Fsp3) is 0.562. The Morgan fingerprint density at radius 2 is 1.67 bits per heavy atom. The molecule has 1 aromatic carbocycles. The van der Waals surface area contributed by atoms with Crippen molar-refractivity contribution in [2.75, 3.05) is 18.0 Å². The van der Waals surface area contributed by atoms with Gasteiger partial charge in [0, 0.05) is 24.3 Å². The highest BCUT2D eigenvalue weighted by atomic mass is 16.1. The molecular weight excluding hydrogens is 222 g/mol. The molecule has 0 aliphatic carbocycles. The SMILES string of the molecule is CCC(CC)CN(CC)c1ccc(C(C)=O)cc1. The summed E-state index contributed by atoms with van der Waals surface area (Å²) in [4.78, 5) is 13.6. The maximum absolute atomic E-state index is 11.3. The van der Waals surface area contributed by atoms with Gasteiger partial charge in [0.25, 0.3) is 0 Å². The summed E-state index contributed by atoms with van der Waals surface area (Å²) in [6, 6.07) is 7.96. The molecule has 0 bridgehead atoms. The Kier molecular flexibility index (Phi) is 5.90. The number of nitrogens with zero attached hydrogens (tertiary/aromatic N) is 1. The lowest BCUT2D eigenvalue weighted by Gasteiger charge is -2.27. The number of ketones is 1. The molecule has 0 saturated heterocycles. The van der Waals surface area contributed by atoms with E-state index in [4.69, 9.17) is 0 Å². The van der Waals surface area contributed by atoms with Gasteiger partial charge in [-0.1, -0.05) is 26.7 Å². The molecule has 0 spiro atoms. The minimum atomic E-state index is 0.129. The van der Waals surface area contributed by atoms with Gasteiger partial charge < -0.3 is 4.90 Å². The van der Waals surface area contributed by atoms with Crippen molar-refractivity contribution in [1.29, 1.82) is 0 Å². The van der Waals surface area contributed by atoms with Crippen LogP contribution in [0.5, 0.6) is 0 Å². The molecule has 2 heteroatoms. The van der Waals surface area contributed by atoms with Gasteiger partial charge in [0.15, 0.2) is 5.78 Å². The molecule has 100 valence electrons. The monoisotopic (exact) mass is 247 g/mol. The van der Waals surface area contributed by atoms with Gasteiger partial charge >= 0.3 is 0 Å². The molecule has 0 aliphatic heterocycles. The number of hydrogen-bond acceptors (Lipinski definition) is 2. The number of rotatable bonds is 7. The van der Waals surface area contributed by atoms with E-state index in [1.165, 1.54) is 18.5 Å². The molecular formula is C16H25NO. The van der Waals surface area contributed by atoms with E-state index >= 15 is 0 Å². The van der Waals surface area contributed by atoms with E-state index in [2.05, 4.69) is 37.8 Å². The van der Waals surface area contributed by atoms with Gasteiger partial charge in [-0.15, -0.1) is 0 Å². The molecule has 2 nitrogen and oxygen atoms in total. The molecule has 0 fully saturated rings. The largest absolute Gasteiger partial charge is 0.372 e. The predicted octanol–water partition coefficient (Wildman–Crippen LogP) is 4.15. The molecule has 0 radical (unpaired) electrons. The second kappa shape index (κ2) is 7.20. The zero-order valence-electron chi connectivity index (χ0n) is 12.1. The van der Waals surface area contributed by atoms with Crippen LogP contribution in [0.3, 0.4) is 0 Å². The lowest BCUT2D eigenvalue weighted by Crippen LogP contribution is -2.28. The zero-order valence-corrected chi connectivity index (χ0v) is 12.1. The summed E-state index contributed by atoms with van der Waals surface area (Å²) >= 11 is 0. The van der Waals surface area contributed by atoms with E-state index in [0.717, 1.165) is 24.6 Å². The lowest BCUT2D eigenvalue weighted by atomic mass is 10.0. The van der Waals surface area contributed by atoms with Crippen molar-refractivity contribution in [1.82, 2.24) is 0 Å². The first-order valence-corrected chi connectivity index (χ1v) is 6.98. The highest BCUT2D eigenvalue weighted by Crippen LogP contribution is 2.19. The van der Waals surface area contributed by atoms with Crippen molar-refractivity contribution in [2.24, 2.45) is 5.92 Å². The normalized spacial score (nSPS) is 10.7. The van der Waals surface area contributed by atoms with Gasteiger partial charge in [0.05, 0.1) is 0 Å². The van der Waals surface area contributed by atoms with E-state index in [0.29, 0.717) is 0 Å². The first-order chi connectivity index (χ1) is 8.62. The van der Waals surface area contributed by atoms with Crippen LogP contribution < -0.4 is 4.90 Å². The fourth-order valence-electron chi connectivity index (χ4n) is 2.18. The average molecular weight is 247 g/mol. The molecule has 0 N–H and O–H groups in total. The maximum atomic E-state index is 11.3. The molecule has 0 aromatic heterocycles. The first-order valence-electron chi connectivity index (χ1n) is 6.98. The zero-order chi connectivity index (χ0) is 13.5. The Morgan fingerprint density at radius 1 is 1.11 bits per heavy atom. The Labute approximate surface area is 111 Å². The summed E-state index contributed by atoms with van der Waals surface area (Å²) in [7, 11) is 0. The second-order valence-electron chi connectivity index (χ2n) is 4.82. The van der Waals surface area contributed by atoms with E-state index in [9.17, 15) is 4.79 Å². The second-order valence-corrected chi connectivity index (χ2v) is 4.82. The van der Waals surface area contributed by atoms with Crippen LogP contribution in [0.1, 0.15) is 50.9 Å². The summed E-state index contributed by atoms with van der Waals surface area (Å²) in [6.45, 7) is 10.4. The van der Waals surface area contributed by atoms with Crippen molar-refractivity contribution in [2.45, 2.75) is 40.5 Å². The molecule has 0 atom stereocenters. The van der Waals surface area contributed by atoms with Crippen molar-refractivity contribution in [3.8, 4) is 0 Å². The molecule has 18 heavy (non-hydrogen) atoms. The summed E-state index contributed by atoms with van der Waals surface area (Å²) in [5.74, 6) is 0.877. The van der Waals surface area contributed by atoms with Crippen molar-refractivity contribution < 1.29 is 4.79 Å². The van der Waals surface area contributed by atoms with Crippen LogP contribution in [0.25, 0.3) is 0 Å². The molecule has 0 aliphatic rings. The molecule has 0 amide bonds. The van der Waals surface area contributed by atoms with Crippen molar-refractivity contribution in [3.05, 3.63) is 29.8 Å².